The normalized spacial score (nSPS) is 17.3. The topological polar surface area (TPSA) is 28.4 Å². The second kappa shape index (κ2) is 7.78. The quantitative estimate of drug-likeness (QED) is 0.856. The van der Waals surface area contributed by atoms with Crippen LogP contribution in [0.4, 0.5) is 13.2 Å². The van der Waals surface area contributed by atoms with Gasteiger partial charge in [-0.2, -0.15) is 13.2 Å². The van der Waals surface area contributed by atoms with Crippen LogP contribution in [-0.4, -0.2) is 31.1 Å². The molecule has 0 radical (unpaired) electrons. The van der Waals surface area contributed by atoms with Gasteiger partial charge in [0.05, 0.1) is 22.9 Å². The van der Waals surface area contributed by atoms with Crippen LogP contribution in [0.25, 0.3) is 0 Å². The van der Waals surface area contributed by atoms with Crippen molar-refractivity contribution in [3.8, 4) is 0 Å². The largest absolute Gasteiger partial charge is 0.467 e. The minimum Gasteiger partial charge on any atom is -0.467 e. The van der Waals surface area contributed by atoms with Gasteiger partial charge in [0.15, 0.2) is 0 Å². The Bertz CT molecular complexity index is 656. The molecule has 0 amide bonds. The number of rotatable bonds is 3. The van der Waals surface area contributed by atoms with Gasteiger partial charge < -0.3 is 9.73 Å². The molecule has 0 aliphatic carbocycles. The van der Waals surface area contributed by atoms with E-state index < -0.39 is 11.7 Å². The number of halogens is 5. The molecule has 0 unspecified atom stereocenters. The molecule has 8 heteroatoms. The number of hydrogen-bond donors (Lipinski definition) is 1. The number of benzene rings is 1. The third kappa shape index (κ3) is 4.06. The Labute approximate surface area is 149 Å². The van der Waals surface area contributed by atoms with Crippen LogP contribution >= 0.6 is 24.0 Å². The average molecular weight is 381 g/mol. The lowest BCUT2D eigenvalue weighted by Gasteiger charge is -2.34. The predicted octanol–water partition coefficient (Wildman–Crippen LogP) is 4.37. The highest BCUT2D eigenvalue weighted by atomic mass is 35.5. The van der Waals surface area contributed by atoms with E-state index in [1.54, 1.807) is 12.3 Å². The van der Waals surface area contributed by atoms with Crippen molar-refractivity contribution in [3.05, 3.63) is 58.5 Å². The molecule has 1 aliphatic heterocycles. The van der Waals surface area contributed by atoms with E-state index in [4.69, 9.17) is 16.0 Å². The molecule has 2 aromatic rings. The van der Waals surface area contributed by atoms with Crippen molar-refractivity contribution >= 4 is 24.0 Å². The van der Waals surface area contributed by atoms with E-state index in [9.17, 15) is 13.2 Å². The van der Waals surface area contributed by atoms with Crippen LogP contribution in [0.3, 0.4) is 0 Å². The van der Waals surface area contributed by atoms with E-state index in [1.165, 1.54) is 12.1 Å². The summed E-state index contributed by atoms with van der Waals surface area (Å²) in [6, 6.07) is 7.26. The predicted molar refractivity (Wildman–Crippen MR) is 88.7 cm³/mol. The van der Waals surface area contributed by atoms with E-state index in [1.807, 2.05) is 6.07 Å². The fraction of sp³-hybridized carbons (Fsp3) is 0.375. The number of furan rings is 1. The van der Waals surface area contributed by atoms with Crippen molar-refractivity contribution < 1.29 is 17.6 Å². The molecule has 1 fully saturated rings. The molecule has 24 heavy (non-hydrogen) atoms. The molecule has 1 aromatic heterocycles. The highest BCUT2D eigenvalue weighted by Gasteiger charge is 2.34. The van der Waals surface area contributed by atoms with Gasteiger partial charge in [-0.15, -0.1) is 12.4 Å². The van der Waals surface area contributed by atoms with Gasteiger partial charge in [-0.1, -0.05) is 17.7 Å². The van der Waals surface area contributed by atoms with E-state index in [2.05, 4.69) is 10.2 Å². The summed E-state index contributed by atoms with van der Waals surface area (Å²) in [6.07, 6.45) is -2.89. The maximum Gasteiger partial charge on any atom is 0.417 e. The van der Waals surface area contributed by atoms with Crippen LogP contribution in [0.1, 0.15) is 22.9 Å². The maximum absolute atomic E-state index is 12.9. The molecule has 1 atom stereocenters. The van der Waals surface area contributed by atoms with Crippen molar-refractivity contribution in [1.82, 2.24) is 10.2 Å². The first-order chi connectivity index (χ1) is 11.0. The number of nitrogens with one attached hydrogen (secondary N) is 1. The van der Waals surface area contributed by atoms with Crippen molar-refractivity contribution in [2.24, 2.45) is 0 Å². The van der Waals surface area contributed by atoms with Gasteiger partial charge in [0.25, 0.3) is 0 Å². The molecule has 1 saturated heterocycles. The first-order valence-electron chi connectivity index (χ1n) is 7.31. The number of hydrogen-bond acceptors (Lipinski definition) is 3. The zero-order valence-electron chi connectivity index (χ0n) is 12.6. The lowest BCUT2D eigenvalue weighted by Crippen LogP contribution is -2.45. The Morgan fingerprint density at radius 1 is 1.17 bits per heavy atom. The summed E-state index contributed by atoms with van der Waals surface area (Å²) < 4.78 is 44.2. The second-order valence-corrected chi connectivity index (χ2v) is 5.85. The Balaban J connectivity index is 0.00000208. The van der Waals surface area contributed by atoms with Gasteiger partial charge >= 0.3 is 6.18 Å². The molecular weight excluding hydrogens is 364 g/mol. The molecule has 1 aliphatic rings. The molecular formula is C16H17Cl2F3N2O. The van der Waals surface area contributed by atoms with E-state index >= 15 is 0 Å². The smallest absolute Gasteiger partial charge is 0.417 e. The van der Waals surface area contributed by atoms with E-state index in [0.29, 0.717) is 11.3 Å². The summed E-state index contributed by atoms with van der Waals surface area (Å²) in [5, 5.41) is 2.97. The van der Waals surface area contributed by atoms with Gasteiger partial charge in [0.2, 0.25) is 0 Å². The lowest BCUT2D eigenvalue weighted by molar-refractivity contribution is -0.137. The lowest BCUT2D eigenvalue weighted by atomic mass is 10.00. The molecule has 0 saturated carbocycles. The summed E-state index contributed by atoms with van der Waals surface area (Å²) >= 11 is 5.88. The highest BCUT2D eigenvalue weighted by Crippen LogP contribution is 2.38. The molecule has 3 rings (SSSR count). The molecule has 2 heterocycles. The minimum absolute atomic E-state index is 0. The summed E-state index contributed by atoms with van der Waals surface area (Å²) in [4.78, 5) is 2.17. The number of nitrogens with zero attached hydrogens (tertiary/aromatic N) is 1. The van der Waals surface area contributed by atoms with Crippen molar-refractivity contribution in [2.45, 2.75) is 12.2 Å². The molecule has 3 nitrogen and oxygen atoms in total. The second-order valence-electron chi connectivity index (χ2n) is 5.44. The molecule has 1 aromatic carbocycles. The minimum atomic E-state index is -4.45. The van der Waals surface area contributed by atoms with Crippen molar-refractivity contribution in [3.63, 3.8) is 0 Å². The van der Waals surface area contributed by atoms with Gasteiger partial charge in [-0.25, -0.2) is 0 Å². The fourth-order valence-corrected chi connectivity index (χ4v) is 3.17. The highest BCUT2D eigenvalue weighted by molar-refractivity contribution is 6.31. The number of piperazine rings is 1. The SMILES string of the molecule is Cl.FC(F)(F)c1ccc([C@@H](c2ccco2)N2CCNCC2)cc1Cl. The Morgan fingerprint density at radius 3 is 2.42 bits per heavy atom. The Kier molecular flexibility index (Phi) is 6.20. The third-order valence-corrected chi connectivity index (χ3v) is 4.26. The third-order valence-electron chi connectivity index (χ3n) is 3.94. The van der Waals surface area contributed by atoms with E-state index in [0.717, 1.165) is 32.2 Å². The maximum atomic E-state index is 12.9. The Morgan fingerprint density at radius 2 is 1.88 bits per heavy atom. The molecule has 132 valence electrons. The summed E-state index contributed by atoms with van der Waals surface area (Å²) in [5.74, 6) is 0.697. The van der Waals surface area contributed by atoms with E-state index in [-0.39, 0.29) is 23.5 Å². The van der Waals surface area contributed by atoms with Crippen LogP contribution in [0, 0.1) is 0 Å². The Hall–Kier alpha value is -1.21. The zero-order chi connectivity index (χ0) is 16.4. The average Bonchev–Trinajstić information content (AvgIpc) is 3.01. The fourth-order valence-electron chi connectivity index (χ4n) is 2.87. The number of alkyl halides is 3. The van der Waals surface area contributed by atoms with Gasteiger partial charge in [0, 0.05) is 26.2 Å². The van der Waals surface area contributed by atoms with Crippen LogP contribution in [0.15, 0.2) is 41.0 Å². The van der Waals surface area contributed by atoms with Crippen LogP contribution in [0.5, 0.6) is 0 Å². The summed E-state index contributed by atoms with van der Waals surface area (Å²) in [7, 11) is 0. The standard InChI is InChI=1S/C16H16ClF3N2O.ClH/c17-13-10-11(3-4-12(13)16(18,19)20)15(14-2-1-9-23-14)22-7-5-21-6-8-22;/h1-4,9-10,15,21H,5-8H2;1H/t15-;/m0./s1. The van der Waals surface area contributed by atoms with Gasteiger partial charge in [-0.05, 0) is 29.8 Å². The molecule has 1 N–H and O–H groups in total. The monoisotopic (exact) mass is 380 g/mol. The molecule has 0 spiro atoms. The van der Waals surface area contributed by atoms with Gasteiger partial charge in [-0.3, -0.25) is 4.90 Å². The van der Waals surface area contributed by atoms with Crippen molar-refractivity contribution in [2.75, 3.05) is 26.2 Å². The van der Waals surface area contributed by atoms with Crippen LogP contribution in [0.2, 0.25) is 5.02 Å². The van der Waals surface area contributed by atoms with Crippen LogP contribution in [-0.2, 0) is 6.18 Å². The zero-order valence-corrected chi connectivity index (χ0v) is 14.2. The first kappa shape index (κ1) is 19.1. The van der Waals surface area contributed by atoms with Crippen LogP contribution < -0.4 is 5.32 Å². The van der Waals surface area contributed by atoms with Gasteiger partial charge in [0.1, 0.15) is 5.76 Å². The first-order valence-corrected chi connectivity index (χ1v) is 7.69. The summed E-state index contributed by atoms with van der Waals surface area (Å²) in [5.41, 5.74) is -0.124. The molecule has 0 bridgehead atoms. The summed E-state index contributed by atoms with van der Waals surface area (Å²) in [6.45, 7) is 3.21. The van der Waals surface area contributed by atoms with Crippen molar-refractivity contribution in [1.29, 1.82) is 0 Å².